The maximum Gasteiger partial charge on any atom is 0.340 e. The lowest BCUT2D eigenvalue weighted by atomic mass is 9.88. The van der Waals surface area contributed by atoms with E-state index in [2.05, 4.69) is 0 Å². The number of carboxylic acids is 1. The fraction of sp³-hybridized carbons (Fsp3) is 0.400. The summed E-state index contributed by atoms with van der Waals surface area (Å²) in [6.45, 7) is 2.22. The van der Waals surface area contributed by atoms with Gasteiger partial charge in [-0.15, -0.1) is 0 Å². The number of carboxylic acid groups (broad SMARTS) is 1. The van der Waals surface area contributed by atoms with E-state index in [1.165, 1.54) is 0 Å². The molecule has 0 radical (unpaired) electrons. The van der Waals surface area contributed by atoms with Crippen molar-refractivity contribution in [1.82, 2.24) is 0 Å². The van der Waals surface area contributed by atoms with E-state index in [1.807, 2.05) is 49.4 Å². The van der Waals surface area contributed by atoms with E-state index in [1.54, 1.807) is 0 Å². The van der Waals surface area contributed by atoms with Crippen LogP contribution in [0.3, 0.4) is 0 Å². The lowest BCUT2D eigenvalue weighted by Crippen LogP contribution is -2.41. The highest BCUT2D eigenvalue weighted by molar-refractivity contribution is 5.80. The zero-order chi connectivity index (χ0) is 13.0. The highest BCUT2D eigenvalue weighted by Crippen LogP contribution is 2.48. The molecule has 1 N–H and O–H groups in total. The Hall–Kier alpha value is -1.61. The van der Waals surface area contributed by atoms with Crippen LogP contribution < -0.4 is 0 Å². The maximum absolute atomic E-state index is 11.7. The minimum absolute atomic E-state index is 0.0858. The van der Waals surface area contributed by atoms with Crippen LogP contribution in [0.4, 0.5) is 0 Å². The van der Waals surface area contributed by atoms with E-state index in [0.29, 0.717) is 6.61 Å². The predicted molar refractivity (Wildman–Crippen MR) is 69.2 cm³/mol. The predicted octanol–water partition coefficient (Wildman–Crippen LogP) is 2.97. The average molecular weight is 246 g/mol. The van der Waals surface area contributed by atoms with Crippen molar-refractivity contribution >= 4 is 5.97 Å². The second-order valence-electron chi connectivity index (χ2n) is 4.56. The smallest absolute Gasteiger partial charge is 0.340 e. The SMILES string of the molecule is CC=CCOC(C(=O)O)(c1ccccc1)C1CC1. The van der Waals surface area contributed by atoms with Crippen LogP contribution in [0.5, 0.6) is 0 Å². The van der Waals surface area contributed by atoms with Crippen LogP contribution in [-0.2, 0) is 15.1 Å². The number of allylic oxidation sites excluding steroid dienone is 1. The van der Waals surface area contributed by atoms with Crippen molar-refractivity contribution in [3.8, 4) is 0 Å². The van der Waals surface area contributed by atoms with Gasteiger partial charge in [-0.1, -0.05) is 42.5 Å². The summed E-state index contributed by atoms with van der Waals surface area (Å²) in [4.78, 5) is 11.7. The molecule has 18 heavy (non-hydrogen) atoms. The van der Waals surface area contributed by atoms with Crippen molar-refractivity contribution in [2.24, 2.45) is 5.92 Å². The quantitative estimate of drug-likeness (QED) is 0.785. The Labute approximate surface area is 107 Å². The molecule has 1 fully saturated rings. The van der Waals surface area contributed by atoms with E-state index in [4.69, 9.17) is 4.74 Å². The summed E-state index contributed by atoms with van der Waals surface area (Å²) in [5.41, 5.74) is -0.440. The molecule has 1 aliphatic carbocycles. The van der Waals surface area contributed by atoms with Gasteiger partial charge in [0.1, 0.15) is 0 Å². The molecule has 3 heteroatoms. The second-order valence-corrected chi connectivity index (χ2v) is 4.56. The van der Waals surface area contributed by atoms with Crippen LogP contribution in [-0.4, -0.2) is 17.7 Å². The molecule has 0 aliphatic heterocycles. The van der Waals surface area contributed by atoms with Gasteiger partial charge in [0.2, 0.25) is 0 Å². The molecular weight excluding hydrogens is 228 g/mol. The molecule has 1 aromatic carbocycles. The molecular formula is C15H18O3. The topological polar surface area (TPSA) is 46.5 Å². The molecule has 0 saturated heterocycles. The first-order chi connectivity index (χ1) is 8.71. The van der Waals surface area contributed by atoms with Gasteiger partial charge in [-0.25, -0.2) is 4.79 Å². The van der Waals surface area contributed by atoms with Gasteiger partial charge in [0.15, 0.2) is 5.60 Å². The lowest BCUT2D eigenvalue weighted by Gasteiger charge is -2.29. The van der Waals surface area contributed by atoms with E-state index in [0.717, 1.165) is 18.4 Å². The molecule has 0 spiro atoms. The number of benzene rings is 1. The molecule has 1 unspecified atom stereocenters. The first-order valence-corrected chi connectivity index (χ1v) is 6.26. The molecule has 1 aromatic rings. The maximum atomic E-state index is 11.7. The van der Waals surface area contributed by atoms with E-state index in [9.17, 15) is 9.90 Å². The van der Waals surface area contributed by atoms with E-state index in [-0.39, 0.29) is 5.92 Å². The Morgan fingerprint density at radius 3 is 2.61 bits per heavy atom. The Kier molecular flexibility index (Phi) is 3.82. The number of ether oxygens (including phenoxy) is 1. The van der Waals surface area contributed by atoms with Gasteiger partial charge in [-0.2, -0.15) is 0 Å². The van der Waals surface area contributed by atoms with E-state index >= 15 is 0 Å². The van der Waals surface area contributed by atoms with Crippen molar-refractivity contribution in [1.29, 1.82) is 0 Å². The first-order valence-electron chi connectivity index (χ1n) is 6.26. The van der Waals surface area contributed by atoms with Gasteiger partial charge in [0.25, 0.3) is 0 Å². The van der Waals surface area contributed by atoms with Crippen molar-refractivity contribution in [3.05, 3.63) is 48.0 Å². The molecule has 1 aliphatic rings. The van der Waals surface area contributed by atoms with Gasteiger partial charge in [-0.05, 0) is 25.3 Å². The molecule has 2 rings (SSSR count). The number of rotatable bonds is 6. The number of carbonyl (C=O) groups is 1. The molecule has 1 atom stereocenters. The third kappa shape index (κ3) is 2.31. The number of hydrogen-bond donors (Lipinski definition) is 1. The molecule has 0 amide bonds. The Morgan fingerprint density at radius 1 is 1.44 bits per heavy atom. The third-order valence-electron chi connectivity index (χ3n) is 3.32. The monoisotopic (exact) mass is 246 g/mol. The minimum atomic E-state index is -1.18. The molecule has 96 valence electrons. The van der Waals surface area contributed by atoms with Gasteiger partial charge < -0.3 is 9.84 Å². The van der Waals surface area contributed by atoms with Crippen molar-refractivity contribution in [3.63, 3.8) is 0 Å². The zero-order valence-corrected chi connectivity index (χ0v) is 10.5. The van der Waals surface area contributed by atoms with Crippen LogP contribution in [0.2, 0.25) is 0 Å². The largest absolute Gasteiger partial charge is 0.479 e. The summed E-state index contributed by atoms with van der Waals surface area (Å²) < 4.78 is 5.76. The van der Waals surface area contributed by atoms with Gasteiger partial charge >= 0.3 is 5.97 Å². The summed E-state index contributed by atoms with van der Waals surface area (Å²) >= 11 is 0. The van der Waals surface area contributed by atoms with Crippen LogP contribution in [0.15, 0.2) is 42.5 Å². The zero-order valence-electron chi connectivity index (χ0n) is 10.5. The Balaban J connectivity index is 2.34. The standard InChI is InChI=1S/C15H18O3/c1-2-3-11-18-15(14(16)17,13-9-10-13)12-7-5-4-6-8-12/h2-8,13H,9-11H2,1H3,(H,16,17). The normalized spacial score (nSPS) is 18.7. The van der Waals surface area contributed by atoms with Crippen LogP contribution in [0, 0.1) is 5.92 Å². The molecule has 3 nitrogen and oxygen atoms in total. The fourth-order valence-electron chi connectivity index (χ4n) is 2.25. The highest BCUT2D eigenvalue weighted by Gasteiger charge is 2.53. The minimum Gasteiger partial charge on any atom is -0.479 e. The summed E-state index contributed by atoms with van der Waals surface area (Å²) in [5.74, 6) is -0.802. The summed E-state index contributed by atoms with van der Waals surface area (Å²) in [5, 5.41) is 9.64. The number of hydrogen-bond acceptors (Lipinski definition) is 2. The highest BCUT2D eigenvalue weighted by atomic mass is 16.5. The third-order valence-corrected chi connectivity index (χ3v) is 3.32. The van der Waals surface area contributed by atoms with Crippen molar-refractivity contribution in [2.75, 3.05) is 6.61 Å². The van der Waals surface area contributed by atoms with E-state index < -0.39 is 11.6 Å². The van der Waals surface area contributed by atoms with Crippen LogP contribution in [0.1, 0.15) is 25.3 Å². The van der Waals surface area contributed by atoms with Gasteiger partial charge in [-0.3, -0.25) is 0 Å². The molecule has 0 heterocycles. The molecule has 0 aromatic heterocycles. The van der Waals surface area contributed by atoms with Gasteiger partial charge in [0, 0.05) is 5.92 Å². The van der Waals surface area contributed by atoms with Crippen LogP contribution >= 0.6 is 0 Å². The lowest BCUT2D eigenvalue weighted by molar-refractivity contribution is -0.169. The van der Waals surface area contributed by atoms with Gasteiger partial charge in [0.05, 0.1) is 6.61 Å². The first kappa shape index (κ1) is 12.8. The second kappa shape index (κ2) is 5.36. The molecule has 1 saturated carbocycles. The summed E-state index contributed by atoms with van der Waals surface area (Å²) in [7, 11) is 0. The number of aliphatic carboxylic acids is 1. The fourth-order valence-corrected chi connectivity index (χ4v) is 2.25. The van der Waals surface area contributed by atoms with Crippen molar-refractivity contribution < 1.29 is 14.6 Å². The summed E-state index contributed by atoms with van der Waals surface area (Å²) in [6.07, 6.45) is 5.53. The Morgan fingerprint density at radius 2 is 2.11 bits per heavy atom. The Bertz CT molecular complexity index is 434. The average Bonchev–Trinajstić information content (AvgIpc) is 3.20. The van der Waals surface area contributed by atoms with Crippen molar-refractivity contribution in [2.45, 2.75) is 25.4 Å². The van der Waals surface area contributed by atoms with Crippen LogP contribution in [0.25, 0.3) is 0 Å². The summed E-state index contributed by atoms with van der Waals surface area (Å²) in [6, 6.07) is 9.27. The molecule has 0 bridgehead atoms.